The maximum absolute atomic E-state index is 14.7. The van der Waals surface area contributed by atoms with Gasteiger partial charge in [-0.3, -0.25) is 4.55 Å². The average Bonchev–Trinajstić information content (AvgIpc) is 2.93. The molecule has 41 heavy (non-hydrogen) atoms. The molecular formula is C21H24F6O12S2. The molecule has 0 spiro atoms. The Bertz CT molecular complexity index is 1270. The SMILES string of the molecule is O=S(=O)(O)C(F)(F)C(F)(F)C(F)(F)S(=O)(=O)Oc1c(C2COCCO2)cc(C2COCCO2)cc1C1COCCO1. The van der Waals surface area contributed by atoms with E-state index in [1.54, 1.807) is 0 Å². The molecule has 0 amide bonds. The number of hydrogen-bond donors (Lipinski definition) is 1. The minimum atomic E-state index is -7.23. The van der Waals surface area contributed by atoms with E-state index < -0.39 is 60.7 Å². The number of rotatable bonds is 9. The minimum Gasteiger partial charge on any atom is -0.377 e. The fourth-order valence-electron chi connectivity index (χ4n) is 4.12. The van der Waals surface area contributed by atoms with Crippen molar-refractivity contribution in [2.45, 2.75) is 34.7 Å². The van der Waals surface area contributed by atoms with Crippen molar-refractivity contribution in [1.82, 2.24) is 0 Å². The minimum absolute atomic E-state index is 0.0104. The summed E-state index contributed by atoms with van der Waals surface area (Å²) in [4.78, 5) is 0. The van der Waals surface area contributed by atoms with Gasteiger partial charge < -0.3 is 32.6 Å². The van der Waals surface area contributed by atoms with Crippen molar-refractivity contribution >= 4 is 20.2 Å². The van der Waals surface area contributed by atoms with Gasteiger partial charge in [-0.1, -0.05) is 0 Å². The van der Waals surface area contributed by atoms with Crippen LogP contribution in [0.2, 0.25) is 0 Å². The lowest BCUT2D eigenvalue weighted by atomic mass is 9.94. The number of alkyl halides is 6. The predicted molar refractivity (Wildman–Crippen MR) is 121 cm³/mol. The smallest absolute Gasteiger partial charge is 0.377 e. The summed E-state index contributed by atoms with van der Waals surface area (Å²) >= 11 is 0. The normalized spacial score (nSPS) is 25.6. The summed E-state index contributed by atoms with van der Waals surface area (Å²) in [7, 11) is -14.4. The van der Waals surface area contributed by atoms with Crippen LogP contribution in [0.3, 0.4) is 0 Å². The maximum atomic E-state index is 14.7. The van der Waals surface area contributed by atoms with Crippen LogP contribution in [0.4, 0.5) is 26.3 Å². The second-order valence-electron chi connectivity index (χ2n) is 8.95. The molecule has 234 valence electrons. The lowest BCUT2D eigenvalue weighted by Gasteiger charge is -2.33. The van der Waals surface area contributed by atoms with Crippen LogP contribution < -0.4 is 4.18 Å². The standard InChI is InChI=1S/C21H24F6O12S2/c22-19(23,20(24,25)40(28,29)30)21(26,27)41(31,32)39-18-13(16-10-34-2-5-37-16)7-12(15-9-33-1-4-36-15)8-14(18)17-11-35-3-6-38-17/h7-8,15-17H,1-6,9-11H2,(H,28,29,30). The third kappa shape index (κ3) is 6.03. The van der Waals surface area contributed by atoms with E-state index in [0.29, 0.717) is 0 Å². The Kier molecular flexibility index (Phi) is 9.19. The third-order valence-electron chi connectivity index (χ3n) is 6.24. The van der Waals surface area contributed by atoms with Gasteiger partial charge >= 0.3 is 36.7 Å². The zero-order valence-electron chi connectivity index (χ0n) is 20.8. The molecule has 3 unspecified atom stereocenters. The summed E-state index contributed by atoms with van der Waals surface area (Å²) < 4.78 is 178. The van der Waals surface area contributed by atoms with Gasteiger partial charge in [-0.15, -0.1) is 0 Å². The molecule has 3 heterocycles. The zero-order valence-corrected chi connectivity index (χ0v) is 22.4. The molecular weight excluding hydrogens is 622 g/mol. The maximum Gasteiger partial charge on any atom is 0.450 e. The molecule has 0 aliphatic carbocycles. The van der Waals surface area contributed by atoms with Gasteiger partial charge in [0.2, 0.25) is 0 Å². The molecule has 0 aromatic heterocycles. The second-order valence-corrected chi connectivity index (χ2v) is 12.0. The quantitative estimate of drug-likeness (QED) is 0.238. The van der Waals surface area contributed by atoms with Gasteiger partial charge in [0.1, 0.15) is 18.3 Å². The molecule has 3 saturated heterocycles. The van der Waals surface area contributed by atoms with Crippen LogP contribution in [0.15, 0.2) is 12.1 Å². The van der Waals surface area contributed by atoms with Crippen molar-refractivity contribution in [3.05, 3.63) is 28.8 Å². The Balaban J connectivity index is 1.87. The topological polar surface area (TPSA) is 153 Å². The zero-order chi connectivity index (χ0) is 30.3. The highest BCUT2D eigenvalue weighted by Crippen LogP contribution is 2.52. The molecule has 12 nitrogen and oxygen atoms in total. The van der Waals surface area contributed by atoms with E-state index in [1.165, 1.54) is 12.1 Å². The molecule has 3 fully saturated rings. The van der Waals surface area contributed by atoms with Gasteiger partial charge in [-0.25, -0.2) is 0 Å². The van der Waals surface area contributed by atoms with Crippen molar-refractivity contribution in [2.24, 2.45) is 0 Å². The molecule has 0 bridgehead atoms. The third-order valence-corrected chi connectivity index (χ3v) is 8.42. The van der Waals surface area contributed by atoms with Gasteiger partial charge in [0.15, 0.2) is 5.75 Å². The molecule has 1 aromatic carbocycles. The first-order valence-corrected chi connectivity index (χ1v) is 14.7. The summed E-state index contributed by atoms with van der Waals surface area (Å²) in [5, 5.41) is -13.8. The van der Waals surface area contributed by atoms with Gasteiger partial charge in [0, 0.05) is 11.1 Å². The number of hydrogen-bond acceptors (Lipinski definition) is 11. The first kappa shape index (κ1) is 32.1. The van der Waals surface area contributed by atoms with E-state index in [1.807, 2.05) is 0 Å². The van der Waals surface area contributed by atoms with Crippen molar-refractivity contribution in [2.75, 3.05) is 59.5 Å². The van der Waals surface area contributed by atoms with E-state index >= 15 is 0 Å². The molecule has 0 radical (unpaired) electrons. The van der Waals surface area contributed by atoms with E-state index in [2.05, 4.69) is 4.18 Å². The lowest BCUT2D eigenvalue weighted by Crippen LogP contribution is -2.61. The molecule has 3 aliphatic rings. The van der Waals surface area contributed by atoms with E-state index in [-0.39, 0.29) is 76.2 Å². The van der Waals surface area contributed by atoms with Crippen molar-refractivity contribution in [3.63, 3.8) is 0 Å². The van der Waals surface area contributed by atoms with Crippen LogP contribution >= 0.6 is 0 Å². The fourth-order valence-corrected chi connectivity index (χ4v) is 5.60. The van der Waals surface area contributed by atoms with Crippen LogP contribution in [0, 0.1) is 0 Å². The fraction of sp³-hybridized carbons (Fsp3) is 0.714. The molecule has 1 N–H and O–H groups in total. The van der Waals surface area contributed by atoms with Gasteiger partial charge in [0.05, 0.1) is 59.5 Å². The first-order chi connectivity index (χ1) is 19.0. The Hall–Kier alpha value is -1.78. The highest BCUT2D eigenvalue weighted by atomic mass is 32.2. The average molecular weight is 647 g/mol. The summed E-state index contributed by atoms with van der Waals surface area (Å²) in [5.41, 5.74) is -0.410. The van der Waals surface area contributed by atoms with E-state index in [0.717, 1.165) is 0 Å². The largest absolute Gasteiger partial charge is 0.450 e. The van der Waals surface area contributed by atoms with Crippen molar-refractivity contribution in [1.29, 1.82) is 0 Å². The Morgan fingerprint density at radius 2 is 1.10 bits per heavy atom. The summed E-state index contributed by atoms with van der Waals surface area (Å²) in [6, 6.07) is 2.39. The lowest BCUT2D eigenvalue weighted by molar-refractivity contribution is -0.247. The van der Waals surface area contributed by atoms with E-state index in [9.17, 15) is 43.2 Å². The van der Waals surface area contributed by atoms with Crippen LogP contribution in [0.25, 0.3) is 0 Å². The van der Waals surface area contributed by atoms with Crippen LogP contribution in [-0.2, 0) is 48.7 Å². The Morgan fingerprint density at radius 3 is 1.46 bits per heavy atom. The highest BCUT2D eigenvalue weighted by Gasteiger charge is 2.83. The molecule has 4 rings (SSSR count). The van der Waals surface area contributed by atoms with Crippen molar-refractivity contribution in [3.8, 4) is 5.75 Å². The Morgan fingerprint density at radius 1 is 0.683 bits per heavy atom. The van der Waals surface area contributed by atoms with Crippen molar-refractivity contribution < 1.29 is 80.3 Å². The molecule has 20 heteroatoms. The number of halogens is 6. The monoisotopic (exact) mass is 646 g/mol. The van der Waals surface area contributed by atoms with Gasteiger partial charge in [-0.2, -0.15) is 43.2 Å². The van der Waals surface area contributed by atoms with Crippen LogP contribution in [0.5, 0.6) is 5.75 Å². The van der Waals surface area contributed by atoms with Crippen LogP contribution in [0.1, 0.15) is 35.0 Å². The van der Waals surface area contributed by atoms with E-state index in [4.69, 9.17) is 33.0 Å². The first-order valence-electron chi connectivity index (χ1n) is 11.8. The Labute approximate surface area is 229 Å². The summed E-state index contributed by atoms with van der Waals surface area (Å²) in [6.45, 7) is -0.139. The molecule has 0 saturated carbocycles. The van der Waals surface area contributed by atoms with Gasteiger partial charge in [0.25, 0.3) is 0 Å². The predicted octanol–water partition coefficient (Wildman–Crippen LogP) is 2.37. The number of benzene rings is 1. The number of ether oxygens (including phenoxy) is 6. The summed E-state index contributed by atoms with van der Waals surface area (Å²) in [6.07, 6.45) is -3.26. The van der Waals surface area contributed by atoms with Gasteiger partial charge in [-0.05, 0) is 17.7 Å². The molecule has 3 aliphatic heterocycles. The highest BCUT2D eigenvalue weighted by molar-refractivity contribution is 7.88. The molecule has 3 atom stereocenters. The second kappa shape index (κ2) is 11.7. The molecule has 1 aromatic rings. The van der Waals surface area contributed by atoms with Crippen LogP contribution in [-0.4, -0.2) is 97.3 Å². The summed E-state index contributed by atoms with van der Waals surface area (Å²) in [5.74, 6) is -8.25.